The molecule has 34 heavy (non-hydrogen) atoms. The number of nitrogens with zero attached hydrogens (tertiary/aromatic N) is 10. The van der Waals surface area contributed by atoms with Gasteiger partial charge in [-0.15, -0.1) is 0 Å². The van der Waals surface area contributed by atoms with Crippen molar-refractivity contribution < 1.29 is 20.4 Å². The molecule has 10 nitrogen and oxygen atoms in total. The van der Waals surface area contributed by atoms with Gasteiger partial charge in [0.05, 0.1) is 23.7 Å². The van der Waals surface area contributed by atoms with E-state index < -0.39 is 5.41 Å². The fourth-order valence-electron chi connectivity index (χ4n) is 3.21. The number of rotatable bonds is 4. The summed E-state index contributed by atoms with van der Waals surface area (Å²) in [5, 5.41) is 18.6. The molecule has 0 saturated heterocycles. The van der Waals surface area contributed by atoms with Gasteiger partial charge in [-0.25, -0.2) is 10.5 Å². The molecule has 0 unspecified atom stereocenters. The van der Waals surface area contributed by atoms with Gasteiger partial charge in [0.15, 0.2) is 0 Å². The molecule has 0 aliphatic heterocycles. The summed E-state index contributed by atoms with van der Waals surface area (Å²) in [6.45, 7) is 18.4. The van der Waals surface area contributed by atoms with Crippen LogP contribution in [0.1, 0.15) is 36.6 Å². The first-order chi connectivity index (χ1) is 15.9. The van der Waals surface area contributed by atoms with Crippen molar-refractivity contribution in [3.63, 3.8) is 0 Å². The Labute approximate surface area is 209 Å². The maximum absolute atomic E-state index is 9.42. The molecule has 0 aliphatic rings. The predicted molar refractivity (Wildman–Crippen MR) is 114 cm³/mol. The van der Waals surface area contributed by atoms with E-state index in [1.54, 1.807) is 24.3 Å². The van der Waals surface area contributed by atoms with Gasteiger partial charge in [0, 0.05) is 28.8 Å². The Morgan fingerprint density at radius 1 is 0.882 bits per heavy atom. The number of imidazole rings is 2. The second-order valence-corrected chi connectivity index (χ2v) is 7.27. The first-order valence-electron chi connectivity index (χ1n) is 9.46. The molecule has 4 aromatic rings. The van der Waals surface area contributed by atoms with Crippen LogP contribution in [0.4, 0.5) is 11.6 Å². The summed E-state index contributed by atoms with van der Waals surface area (Å²) < 4.78 is 2.70. The largest absolute Gasteiger partial charge is 2.00 e. The van der Waals surface area contributed by atoms with Gasteiger partial charge < -0.3 is 19.2 Å². The van der Waals surface area contributed by atoms with Crippen molar-refractivity contribution in [1.82, 2.24) is 29.1 Å². The smallest absolute Gasteiger partial charge is 0.402 e. The molecule has 0 atom stereocenters. The zero-order valence-corrected chi connectivity index (χ0v) is 19.3. The molecule has 0 amide bonds. The molecule has 0 bridgehead atoms. The number of aromatic nitrogens is 6. The zero-order chi connectivity index (χ0) is 23.6. The summed E-state index contributed by atoms with van der Waals surface area (Å²) >= 11 is 0. The van der Waals surface area contributed by atoms with E-state index in [2.05, 4.69) is 42.3 Å². The third-order valence-electron chi connectivity index (χ3n) is 5.01. The minimum atomic E-state index is -0.682. The fraction of sp³-hybridized carbons (Fsp3) is 0.130. The quantitative estimate of drug-likeness (QED) is 0.291. The van der Waals surface area contributed by atoms with Crippen LogP contribution in [0.2, 0.25) is 0 Å². The van der Waals surface area contributed by atoms with Crippen LogP contribution in [-0.2, 0) is 25.8 Å². The SMILES string of the molecule is [C-]#[N+]c1n[c-]n(-c2cccc(C(C)(C)c3cccc(-n4[c-]nc(C#N)c4C#N)n3)n2)c1[N+]#[C-].[Pd+2]. The van der Waals surface area contributed by atoms with E-state index in [4.69, 9.17) is 18.4 Å². The van der Waals surface area contributed by atoms with Crippen molar-refractivity contribution >= 4 is 11.6 Å². The summed E-state index contributed by atoms with van der Waals surface area (Å²) in [7, 11) is 0. The van der Waals surface area contributed by atoms with Gasteiger partial charge in [-0.2, -0.15) is 0 Å². The standard InChI is InChI=1S/C23H12N10.Pd/c1-23(2,17-7-5-9-19(30-17)32-13-28-15(11-24)16(32)12-25)18-8-6-10-20(31-18)33-14-29-21(26-3)22(33)27-4;/h5-10H,1-2H3;/q-2;+2. The fourth-order valence-corrected chi connectivity index (χ4v) is 3.21. The molecule has 164 valence electrons. The van der Waals surface area contributed by atoms with E-state index in [1.807, 2.05) is 38.1 Å². The van der Waals surface area contributed by atoms with Crippen LogP contribution >= 0.6 is 0 Å². The summed E-state index contributed by atoms with van der Waals surface area (Å²) in [5.41, 5.74) is 0.650. The molecule has 4 rings (SSSR count). The Kier molecular flexibility index (Phi) is 6.67. The number of pyridine rings is 2. The summed E-state index contributed by atoms with van der Waals surface area (Å²) in [4.78, 5) is 23.7. The van der Waals surface area contributed by atoms with Gasteiger partial charge in [0.1, 0.15) is 5.82 Å². The zero-order valence-electron chi connectivity index (χ0n) is 17.8. The molecule has 4 heterocycles. The Morgan fingerprint density at radius 3 is 2.00 bits per heavy atom. The Morgan fingerprint density at radius 2 is 1.47 bits per heavy atom. The molecule has 4 aromatic heterocycles. The normalized spacial score (nSPS) is 10.3. The summed E-state index contributed by atoms with van der Waals surface area (Å²) in [6.07, 6.45) is 5.29. The average Bonchev–Trinajstić information content (AvgIpc) is 3.47. The number of nitriles is 2. The topological polar surface area (TPSA) is 118 Å². The van der Waals surface area contributed by atoms with Crippen LogP contribution < -0.4 is 0 Å². The van der Waals surface area contributed by atoms with E-state index in [1.165, 1.54) is 9.13 Å². The van der Waals surface area contributed by atoms with Crippen LogP contribution in [-0.4, -0.2) is 29.1 Å². The molecule has 0 spiro atoms. The van der Waals surface area contributed by atoms with Crippen LogP contribution in [0.25, 0.3) is 21.3 Å². The molecule has 0 fully saturated rings. The van der Waals surface area contributed by atoms with Crippen molar-refractivity contribution in [1.29, 1.82) is 10.5 Å². The first-order valence-corrected chi connectivity index (χ1v) is 9.46. The van der Waals surface area contributed by atoms with Crippen LogP contribution in [0.5, 0.6) is 0 Å². The van der Waals surface area contributed by atoms with E-state index in [0.717, 1.165) is 0 Å². The van der Waals surface area contributed by atoms with E-state index >= 15 is 0 Å². The monoisotopic (exact) mass is 534 g/mol. The number of hydrogen-bond acceptors (Lipinski definition) is 6. The second kappa shape index (κ2) is 9.45. The van der Waals surface area contributed by atoms with Gasteiger partial charge in [-0.1, -0.05) is 36.3 Å². The van der Waals surface area contributed by atoms with Crippen molar-refractivity contribution in [2.75, 3.05) is 0 Å². The average molecular weight is 535 g/mol. The molecule has 0 N–H and O–H groups in total. The van der Waals surface area contributed by atoms with Gasteiger partial charge >= 0.3 is 26.2 Å². The third kappa shape index (κ3) is 3.95. The van der Waals surface area contributed by atoms with Crippen molar-refractivity contribution in [3.05, 3.63) is 94.7 Å². The minimum absolute atomic E-state index is 0. The molecule has 11 heteroatoms. The van der Waals surface area contributed by atoms with Gasteiger partial charge in [-0.05, 0) is 32.0 Å². The van der Waals surface area contributed by atoms with Crippen LogP contribution in [0.15, 0.2) is 36.4 Å². The Hall–Kier alpha value is -4.66. The van der Waals surface area contributed by atoms with Crippen molar-refractivity contribution in [3.8, 4) is 23.8 Å². The molecular weight excluding hydrogens is 523 g/mol. The van der Waals surface area contributed by atoms with E-state index in [9.17, 15) is 5.26 Å². The maximum Gasteiger partial charge on any atom is 2.00 e. The van der Waals surface area contributed by atoms with Crippen LogP contribution in [0, 0.1) is 48.5 Å². The van der Waals surface area contributed by atoms with E-state index in [0.29, 0.717) is 23.0 Å². The molecular formula is C23H12N10Pd. The Bertz CT molecular complexity index is 1430. The molecule has 0 saturated carbocycles. The second-order valence-electron chi connectivity index (χ2n) is 7.27. The predicted octanol–water partition coefficient (Wildman–Crippen LogP) is 3.62. The van der Waals surface area contributed by atoms with Gasteiger partial charge in [0.25, 0.3) is 12.1 Å². The first kappa shape index (κ1) is 24.0. The van der Waals surface area contributed by atoms with Crippen molar-refractivity contribution in [2.45, 2.75) is 19.3 Å². The summed E-state index contributed by atoms with van der Waals surface area (Å²) in [6, 6.07) is 14.5. The molecule has 0 radical (unpaired) electrons. The van der Waals surface area contributed by atoms with Crippen molar-refractivity contribution in [2.24, 2.45) is 0 Å². The van der Waals surface area contributed by atoms with Gasteiger partial charge in [-0.3, -0.25) is 14.5 Å². The van der Waals surface area contributed by atoms with E-state index in [-0.39, 0.29) is 43.4 Å². The third-order valence-corrected chi connectivity index (χ3v) is 5.01. The minimum Gasteiger partial charge on any atom is -0.402 e. The number of hydrogen-bond donors (Lipinski definition) is 0. The molecule has 0 aromatic carbocycles. The Balaban J connectivity index is 0.00000324. The maximum atomic E-state index is 9.42. The molecule has 0 aliphatic carbocycles. The van der Waals surface area contributed by atoms with Gasteiger partial charge in [0.2, 0.25) is 0 Å². The van der Waals surface area contributed by atoms with Crippen LogP contribution in [0.3, 0.4) is 0 Å². The summed E-state index contributed by atoms with van der Waals surface area (Å²) in [5.74, 6) is 0.800.